The monoisotopic (exact) mass is 377 g/mol. The Kier molecular flexibility index (Phi) is 3.98. The highest BCUT2D eigenvalue weighted by atomic mass is 79.9. The summed E-state index contributed by atoms with van der Waals surface area (Å²) in [4.78, 5) is 2.30. The number of fused-ring (bicyclic) bond motifs is 1. The van der Waals surface area contributed by atoms with Gasteiger partial charge >= 0.3 is 0 Å². The number of rotatable bonds is 3. The predicted molar refractivity (Wildman–Crippen MR) is 81.8 cm³/mol. The van der Waals surface area contributed by atoms with Crippen molar-refractivity contribution in [1.29, 1.82) is 0 Å². The zero-order valence-corrected chi connectivity index (χ0v) is 13.8. The Morgan fingerprint density at radius 1 is 1.33 bits per heavy atom. The van der Waals surface area contributed by atoms with Gasteiger partial charge in [0.25, 0.3) is 0 Å². The first-order valence-corrected chi connectivity index (χ1v) is 9.17. The number of sulfonamides is 1. The third-order valence-corrected chi connectivity index (χ3v) is 6.70. The quantitative estimate of drug-likeness (QED) is 0.785. The summed E-state index contributed by atoms with van der Waals surface area (Å²) in [5.41, 5.74) is 5.31. The van der Waals surface area contributed by atoms with E-state index in [1.165, 1.54) is 0 Å². The molecule has 0 bridgehead atoms. The molecule has 0 radical (unpaired) electrons. The van der Waals surface area contributed by atoms with Crippen molar-refractivity contribution < 1.29 is 12.8 Å². The van der Waals surface area contributed by atoms with Gasteiger partial charge in [-0.05, 0) is 53.9 Å². The average molecular weight is 378 g/mol. The minimum absolute atomic E-state index is 0.0159. The van der Waals surface area contributed by atoms with E-state index in [9.17, 15) is 12.8 Å². The summed E-state index contributed by atoms with van der Waals surface area (Å²) in [6, 6.07) is 2.43. The van der Waals surface area contributed by atoms with Crippen molar-refractivity contribution >= 4 is 31.6 Å². The molecule has 8 heteroatoms. The van der Waals surface area contributed by atoms with E-state index in [4.69, 9.17) is 5.73 Å². The van der Waals surface area contributed by atoms with Crippen LogP contribution in [-0.2, 0) is 10.0 Å². The van der Waals surface area contributed by atoms with Crippen LogP contribution >= 0.6 is 15.9 Å². The van der Waals surface area contributed by atoms with Gasteiger partial charge in [-0.1, -0.05) is 0 Å². The van der Waals surface area contributed by atoms with E-state index in [1.807, 2.05) is 0 Å². The zero-order valence-electron chi connectivity index (χ0n) is 11.4. The molecule has 2 atom stereocenters. The summed E-state index contributed by atoms with van der Waals surface area (Å²) in [6.07, 6.45) is 2.92. The van der Waals surface area contributed by atoms with Crippen molar-refractivity contribution in [2.24, 2.45) is 0 Å². The normalized spacial score (nSPS) is 26.2. The van der Waals surface area contributed by atoms with E-state index in [2.05, 4.69) is 25.6 Å². The molecule has 0 spiro atoms. The first-order chi connectivity index (χ1) is 9.88. The average Bonchev–Trinajstić information content (AvgIpc) is 2.98. The van der Waals surface area contributed by atoms with Crippen molar-refractivity contribution in [3.05, 3.63) is 22.4 Å². The molecular formula is C13H17BrFN3O2S. The molecule has 0 saturated carbocycles. The molecule has 116 valence electrons. The van der Waals surface area contributed by atoms with Crippen molar-refractivity contribution in [3.8, 4) is 0 Å². The fourth-order valence-corrected chi connectivity index (χ4v) is 5.59. The molecule has 2 saturated heterocycles. The molecule has 21 heavy (non-hydrogen) atoms. The maximum atomic E-state index is 13.4. The van der Waals surface area contributed by atoms with Gasteiger partial charge in [0.05, 0.1) is 10.6 Å². The lowest BCUT2D eigenvalue weighted by Crippen LogP contribution is -2.42. The van der Waals surface area contributed by atoms with Crippen molar-refractivity contribution in [1.82, 2.24) is 9.62 Å². The van der Waals surface area contributed by atoms with E-state index >= 15 is 0 Å². The topological polar surface area (TPSA) is 75.4 Å². The fourth-order valence-electron chi connectivity index (χ4n) is 3.23. The van der Waals surface area contributed by atoms with Crippen LogP contribution in [0.5, 0.6) is 0 Å². The first-order valence-electron chi connectivity index (χ1n) is 6.89. The highest BCUT2D eigenvalue weighted by molar-refractivity contribution is 9.10. The maximum Gasteiger partial charge on any atom is 0.242 e. The summed E-state index contributed by atoms with van der Waals surface area (Å²) in [5, 5.41) is 0. The standard InChI is InChI=1S/C13H17BrFN3O2S/c14-8-6-9(15)10(16)7-13(8)21(19,20)17-11-3-5-18-4-1-2-12(11)18/h6-7,11-12,17H,1-5,16H2. The number of anilines is 1. The molecule has 0 aromatic heterocycles. The zero-order chi connectivity index (χ0) is 15.2. The van der Waals surface area contributed by atoms with Gasteiger partial charge in [0, 0.05) is 23.1 Å². The Bertz CT molecular complexity index is 668. The van der Waals surface area contributed by atoms with Crippen LogP contribution in [0.2, 0.25) is 0 Å². The van der Waals surface area contributed by atoms with Crippen molar-refractivity contribution in [2.45, 2.75) is 36.2 Å². The minimum Gasteiger partial charge on any atom is -0.396 e. The van der Waals surface area contributed by atoms with Gasteiger partial charge in [-0.15, -0.1) is 0 Å². The lowest BCUT2D eigenvalue weighted by molar-refractivity contribution is 0.309. The Labute approximate surface area is 131 Å². The highest BCUT2D eigenvalue weighted by Gasteiger charge is 2.39. The number of hydrogen-bond acceptors (Lipinski definition) is 4. The number of nitrogen functional groups attached to an aromatic ring is 1. The van der Waals surface area contributed by atoms with Crippen LogP contribution in [0.3, 0.4) is 0 Å². The molecule has 5 nitrogen and oxygen atoms in total. The number of nitrogens with zero attached hydrogens (tertiary/aromatic N) is 1. The molecule has 2 heterocycles. The molecule has 0 aliphatic carbocycles. The van der Waals surface area contributed by atoms with E-state index in [1.54, 1.807) is 0 Å². The van der Waals surface area contributed by atoms with Crippen LogP contribution in [-0.4, -0.2) is 38.5 Å². The smallest absolute Gasteiger partial charge is 0.242 e. The second kappa shape index (κ2) is 5.49. The van der Waals surface area contributed by atoms with Gasteiger partial charge in [0.2, 0.25) is 10.0 Å². The van der Waals surface area contributed by atoms with E-state index in [0.717, 1.165) is 44.5 Å². The summed E-state index contributed by atoms with van der Waals surface area (Å²) in [5.74, 6) is -0.636. The molecule has 3 rings (SSSR count). The van der Waals surface area contributed by atoms with E-state index < -0.39 is 15.8 Å². The molecule has 2 fully saturated rings. The molecule has 3 N–H and O–H groups in total. The molecule has 2 aliphatic heterocycles. The van der Waals surface area contributed by atoms with Gasteiger partial charge in [-0.25, -0.2) is 17.5 Å². The van der Waals surface area contributed by atoms with Gasteiger partial charge < -0.3 is 5.73 Å². The Balaban J connectivity index is 1.86. The molecule has 0 amide bonds. The van der Waals surface area contributed by atoms with Crippen molar-refractivity contribution in [2.75, 3.05) is 18.8 Å². The number of hydrogen-bond donors (Lipinski definition) is 2. The predicted octanol–water partition coefficient (Wildman–Crippen LogP) is 1.69. The first kappa shape index (κ1) is 15.2. The summed E-state index contributed by atoms with van der Waals surface area (Å²) >= 11 is 3.10. The molecule has 2 unspecified atom stereocenters. The summed E-state index contributed by atoms with van der Waals surface area (Å²) < 4.78 is 41.3. The van der Waals surface area contributed by atoms with E-state index in [-0.39, 0.29) is 27.1 Å². The SMILES string of the molecule is Nc1cc(S(=O)(=O)NC2CCN3CCCC23)c(Br)cc1F. The van der Waals surface area contributed by atoms with Crippen LogP contribution in [0.15, 0.2) is 21.5 Å². The number of nitrogens with one attached hydrogen (secondary N) is 1. The summed E-state index contributed by atoms with van der Waals surface area (Å²) in [6.45, 7) is 1.96. The third-order valence-electron chi connectivity index (χ3n) is 4.25. The molecule has 1 aromatic carbocycles. The Hall–Kier alpha value is -0.700. The van der Waals surface area contributed by atoms with Crippen LogP contribution < -0.4 is 10.5 Å². The number of halogens is 2. The molecular weight excluding hydrogens is 361 g/mol. The third kappa shape index (κ3) is 2.81. The number of benzene rings is 1. The van der Waals surface area contributed by atoms with Gasteiger partial charge in [0.15, 0.2) is 0 Å². The number of nitrogens with two attached hydrogens (primary N) is 1. The minimum atomic E-state index is -3.72. The second-order valence-electron chi connectivity index (χ2n) is 5.57. The molecule has 1 aromatic rings. The van der Waals surface area contributed by atoms with Gasteiger partial charge in [0.1, 0.15) is 5.82 Å². The van der Waals surface area contributed by atoms with Gasteiger partial charge in [-0.2, -0.15) is 0 Å². The Morgan fingerprint density at radius 3 is 2.86 bits per heavy atom. The molecule has 2 aliphatic rings. The van der Waals surface area contributed by atoms with E-state index in [0.29, 0.717) is 0 Å². The van der Waals surface area contributed by atoms with Crippen LogP contribution in [0, 0.1) is 5.82 Å². The Morgan fingerprint density at radius 2 is 2.10 bits per heavy atom. The lowest BCUT2D eigenvalue weighted by Gasteiger charge is -2.21. The summed E-state index contributed by atoms with van der Waals surface area (Å²) in [7, 11) is -3.72. The largest absolute Gasteiger partial charge is 0.396 e. The fraction of sp³-hybridized carbons (Fsp3) is 0.538. The highest BCUT2D eigenvalue weighted by Crippen LogP contribution is 2.31. The second-order valence-corrected chi connectivity index (χ2v) is 8.10. The van der Waals surface area contributed by atoms with Crippen LogP contribution in [0.25, 0.3) is 0 Å². The lowest BCUT2D eigenvalue weighted by atomic mass is 10.1. The maximum absolute atomic E-state index is 13.4. The van der Waals surface area contributed by atoms with Crippen LogP contribution in [0.4, 0.5) is 10.1 Å². The van der Waals surface area contributed by atoms with Crippen LogP contribution in [0.1, 0.15) is 19.3 Å². The van der Waals surface area contributed by atoms with Crippen molar-refractivity contribution in [3.63, 3.8) is 0 Å². The van der Waals surface area contributed by atoms with Gasteiger partial charge in [-0.3, -0.25) is 4.90 Å².